The molecule has 0 spiro atoms. The Balaban J connectivity index is 2.22. The van der Waals surface area contributed by atoms with Crippen molar-refractivity contribution in [1.82, 2.24) is 15.0 Å². The van der Waals surface area contributed by atoms with Crippen LogP contribution >= 0.6 is 11.6 Å². The van der Waals surface area contributed by atoms with Gasteiger partial charge < -0.3 is 20.1 Å². The summed E-state index contributed by atoms with van der Waals surface area (Å²) >= 11 is 5.87. The van der Waals surface area contributed by atoms with E-state index in [0.717, 1.165) is 0 Å². The number of carboxylic acids is 1. The summed E-state index contributed by atoms with van der Waals surface area (Å²) in [5.74, 6) is -0.460. The van der Waals surface area contributed by atoms with Crippen LogP contribution in [0.5, 0.6) is 0 Å². The summed E-state index contributed by atoms with van der Waals surface area (Å²) in [6.07, 6.45) is 0. The van der Waals surface area contributed by atoms with Crippen LogP contribution in [0.4, 0.5) is 11.9 Å². The first-order chi connectivity index (χ1) is 9.38. The van der Waals surface area contributed by atoms with Crippen LogP contribution in [-0.2, 0) is 9.53 Å². The monoisotopic (exact) mass is 301 g/mol. The van der Waals surface area contributed by atoms with E-state index in [0.29, 0.717) is 32.3 Å². The van der Waals surface area contributed by atoms with Crippen LogP contribution in [0.1, 0.15) is 13.8 Å². The Morgan fingerprint density at radius 3 is 2.60 bits per heavy atom. The summed E-state index contributed by atoms with van der Waals surface area (Å²) in [5.41, 5.74) is -1.20. The summed E-state index contributed by atoms with van der Waals surface area (Å²) in [6.45, 7) is 5.52. The number of ether oxygens (including phenoxy) is 1. The average molecular weight is 302 g/mol. The molecule has 1 aliphatic heterocycles. The zero-order chi connectivity index (χ0) is 14.8. The molecule has 1 saturated heterocycles. The smallest absolute Gasteiger partial charge is 0.328 e. The molecular formula is C11H16ClN5O3. The minimum absolute atomic E-state index is 0.0187. The van der Waals surface area contributed by atoms with E-state index in [1.165, 1.54) is 13.8 Å². The Bertz CT molecular complexity index is 505. The van der Waals surface area contributed by atoms with E-state index in [-0.39, 0.29) is 11.2 Å². The molecule has 0 bridgehead atoms. The number of hydrogen-bond donors (Lipinski definition) is 2. The summed E-state index contributed by atoms with van der Waals surface area (Å²) in [5, 5.41) is 11.8. The third kappa shape index (κ3) is 3.45. The van der Waals surface area contributed by atoms with E-state index in [1.54, 1.807) is 0 Å². The van der Waals surface area contributed by atoms with Crippen molar-refractivity contribution in [3.05, 3.63) is 5.28 Å². The topological polar surface area (TPSA) is 100 Å². The summed E-state index contributed by atoms with van der Waals surface area (Å²) in [4.78, 5) is 25.2. The predicted octanol–water partition coefficient (Wildman–Crippen LogP) is 0.637. The lowest BCUT2D eigenvalue weighted by Crippen LogP contribution is -2.41. The molecule has 1 aliphatic rings. The normalized spacial score (nSPS) is 16.1. The molecule has 0 amide bonds. The highest BCUT2D eigenvalue weighted by Gasteiger charge is 2.28. The van der Waals surface area contributed by atoms with Crippen LogP contribution in [-0.4, -0.2) is 57.9 Å². The Morgan fingerprint density at radius 1 is 1.35 bits per heavy atom. The van der Waals surface area contributed by atoms with Crippen LogP contribution in [0, 0.1) is 0 Å². The van der Waals surface area contributed by atoms with Crippen molar-refractivity contribution < 1.29 is 14.6 Å². The van der Waals surface area contributed by atoms with Crippen LogP contribution in [0.2, 0.25) is 5.28 Å². The number of rotatable bonds is 4. The van der Waals surface area contributed by atoms with Gasteiger partial charge in [0, 0.05) is 13.1 Å². The quantitative estimate of drug-likeness (QED) is 0.835. The number of halogens is 1. The molecule has 1 fully saturated rings. The van der Waals surface area contributed by atoms with Gasteiger partial charge in [0.05, 0.1) is 13.2 Å². The fourth-order valence-electron chi connectivity index (χ4n) is 1.63. The van der Waals surface area contributed by atoms with E-state index < -0.39 is 11.5 Å². The lowest BCUT2D eigenvalue weighted by Gasteiger charge is -2.27. The average Bonchev–Trinajstić information content (AvgIpc) is 2.38. The van der Waals surface area contributed by atoms with Gasteiger partial charge in [-0.3, -0.25) is 0 Å². The van der Waals surface area contributed by atoms with Crippen molar-refractivity contribution in [2.45, 2.75) is 19.4 Å². The van der Waals surface area contributed by atoms with Gasteiger partial charge in [0.2, 0.25) is 17.2 Å². The first-order valence-electron chi connectivity index (χ1n) is 6.14. The molecule has 0 unspecified atom stereocenters. The molecule has 1 aromatic heterocycles. The van der Waals surface area contributed by atoms with E-state index in [4.69, 9.17) is 21.4 Å². The highest BCUT2D eigenvalue weighted by Crippen LogP contribution is 2.18. The van der Waals surface area contributed by atoms with Gasteiger partial charge in [-0.25, -0.2) is 4.79 Å². The molecule has 2 N–H and O–H groups in total. The van der Waals surface area contributed by atoms with Gasteiger partial charge in [0.25, 0.3) is 0 Å². The van der Waals surface area contributed by atoms with E-state index in [2.05, 4.69) is 20.3 Å². The lowest BCUT2D eigenvalue weighted by molar-refractivity contribution is -0.141. The minimum Gasteiger partial charge on any atom is -0.480 e. The molecule has 8 nitrogen and oxygen atoms in total. The Labute approximate surface area is 121 Å². The fraction of sp³-hybridized carbons (Fsp3) is 0.636. The number of nitrogens with zero attached hydrogens (tertiary/aromatic N) is 4. The third-order valence-electron chi connectivity index (χ3n) is 2.85. The van der Waals surface area contributed by atoms with E-state index >= 15 is 0 Å². The summed E-state index contributed by atoms with van der Waals surface area (Å²) in [6, 6.07) is 0. The summed E-state index contributed by atoms with van der Waals surface area (Å²) in [7, 11) is 0. The van der Waals surface area contributed by atoms with Crippen molar-refractivity contribution in [2.75, 3.05) is 36.5 Å². The first-order valence-corrected chi connectivity index (χ1v) is 6.52. The van der Waals surface area contributed by atoms with Gasteiger partial charge >= 0.3 is 5.97 Å². The molecule has 0 radical (unpaired) electrons. The number of morpholine rings is 1. The molecule has 0 saturated carbocycles. The SMILES string of the molecule is CC(C)(Nc1nc(Cl)nc(N2CCOCC2)n1)C(=O)O. The van der Waals surface area contributed by atoms with Crippen LogP contribution in [0.15, 0.2) is 0 Å². The van der Waals surface area contributed by atoms with Crippen LogP contribution in [0.25, 0.3) is 0 Å². The van der Waals surface area contributed by atoms with Gasteiger partial charge in [-0.2, -0.15) is 15.0 Å². The van der Waals surface area contributed by atoms with E-state index in [1.807, 2.05) is 4.90 Å². The second-order valence-corrected chi connectivity index (χ2v) is 5.22. The molecule has 110 valence electrons. The number of nitrogens with one attached hydrogen (secondary N) is 1. The first kappa shape index (κ1) is 14.7. The van der Waals surface area contributed by atoms with Gasteiger partial charge in [0.1, 0.15) is 5.54 Å². The molecule has 0 atom stereocenters. The second-order valence-electron chi connectivity index (χ2n) is 4.88. The van der Waals surface area contributed by atoms with Gasteiger partial charge in [0.15, 0.2) is 0 Å². The number of aliphatic carboxylic acids is 1. The van der Waals surface area contributed by atoms with Crippen LogP contribution in [0.3, 0.4) is 0 Å². The molecule has 1 aromatic rings. The molecular weight excluding hydrogens is 286 g/mol. The number of aromatic nitrogens is 3. The maximum absolute atomic E-state index is 11.1. The van der Waals surface area contributed by atoms with Crippen molar-refractivity contribution in [1.29, 1.82) is 0 Å². The highest BCUT2D eigenvalue weighted by molar-refractivity contribution is 6.28. The standard InChI is InChI=1S/C11H16ClN5O3/c1-11(2,7(18)19)16-9-13-8(12)14-10(15-9)17-3-5-20-6-4-17/h3-6H2,1-2H3,(H,18,19)(H,13,14,15,16). The zero-order valence-electron chi connectivity index (χ0n) is 11.3. The molecule has 9 heteroatoms. The van der Waals surface area contributed by atoms with Crippen molar-refractivity contribution >= 4 is 29.5 Å². The minimum atomic E-state index is -1.20. The lowest BCUT2D eigenvalue weighted by atomic mass is 10.1. The molecule has 0 aliphatic carbocycles. The molecule has 20 heavy (non-hydrogen) atoms. The molecule has 0 aromatic carbocycles. The number of hydrogen-bond acceptors (Lipinski definition) is 7. The van der Waals surface area contributed by atoms with Crippen molar-refractivity contribution in [2.24, 2.45) is 0 Å². The summed E-state index contributed by atoms with van der Waals surface area (Å²) < 4.78 is 5.25. The number of carbonyl (C=O) groups is 1. The van der Waals surface area contributed by atoms with E-state index in [9.17, 15) is 4.79 Å². The number of carboxylic acid groups (broad SMARTS) is 1. The molecule has 2 heterocycles. The maximum Gasteiger partial charge on any atom is 0.328 e. The Hall–Kier alpha value is -1.67. The second kappa shape index (κ2) is 5.76. The highest BCUT2D eigenvalue weighted by atomic mass is 35.5. The predicted molar refractivity (Wildman–Crippen MR) is 73.2 cm³/mol. The maximum atomic E-state index is 11.1. The Kier molecular flexibility index (Phi) is 4.24. The largest absolute Gasteiger partial charge is 0.480 e. The molecule has 2 rings (SSSR count). The Morgan fingerprint density at radius 2 is 2.00 bits per heavy atom. The van der Waals surface area contributed by atoms with Crippen LogP contribution < -0.4 is 10.2 Å². The fourth-order valence-corrected chi connectivity index (χ4v) is 1.79. The van der Waals surface area contributed by atoms with Crippen molar-refractivity contribution in [3.63, 3.8) is 0 Å². The zero-order valence-corrected chi connectivity index (χ0v) is 12.0. The van der Waals surface area contributed by atoms with Gasteiger partial charge in [-0.1, -0.05) is 0 Å². The number of anilines is 2. The van der Waals surface area contributed by atoms with Gasteiger partial charge in [-0.05, 0) is 25.4 Å². The van der Waals surface area contributed by atoms with Gasteiger partial charge in [-0.15, -0.1) is 0 Å². The van der Waals surface area contributed by atoms with Crippen molar-refractivity contribution in [3.8, 4) is 0 Å². The third-order valence-corrected chi connectivity index (χ3v) is 3.02.